The topological polar surface area (TPSA) is 69.6 Å². The maximum atomic E-state index is 11.8. The van der Waals surface area contributed by atoms with Gasteiger partial charge in [-0.1, -0.05) is 25.1 Å². The minimum atomic E-state index is -0.524. The first-order chi connectivity index (χ1) is 15.2. The third-order valence-electron chi connectivity index (χ3n) is 6.12. The maximum absolute atomic E-state index is 11.8. The standard InChI is InChI=1S/C23H34N2O5.C2H6/c1-22(2,3)30-21(26)15-29-24-17-9-10-23(11-12-25(4)20(23)14-17)16-7-8-18(27-5)19(13-16)28-6;1-2/h7-8,13,20H,9-12,14-15H2,1-6H3;1-2H3/b24-17+;. The Morgan fingerprint density at radius 3 is 2.47 bits per heavy atom. The van der Waals surface area contributed by atoms with Crippen molar-refractivity contribution in [3.63, 3.8) is 0 Å². The minimum absolute atomic E-state index is 0.0541. The molecule has 32 heavy (non-hydrogen) atoms. The van der Waals surface area contributed by atoms with Gasteiger partial charge < -0.3 is 23.9 Å². The summed E-state index contributed by atoms with van der Waals surface area (Å²) in [5.74, 6) is 1.10. The van der Waals surface area contributed by atoms with Crippen LogP contribution in [-0.4, -0.2) is 62.6 Å². The molecule has 0 bridgehead atoms. The summed E-state index contributed by atoms with van der Waals surface area (Å²) in [7, 11) is 5.49. The number of carbonyl (C=O) groups is 1. The van der Waals surface area contributed by atoms with E-state index < -0.39 is 11.6 Å². The van der Waals surface area contributed by atoms with E-state index in [9.17, 15) is 4.79 Å². The smallest absolute Gasteiger partial charge is 0.347 e. The molecule has 0 aromatic heterocycles. The van der Waals surface area contributed by atoms with Crippen molar-refractivity contribution in [2.45, 2.75) is 77.4 Å². The highest BCUT2D eigenvalue weighted by Crippen LogP contribution is 2.49. The first-order valence-corrected chi connectivity index (χ1v) is 11.5. The molecule has 1 saturated heterocycles. The summed E-state index contributed by atoms with van der Waals surface area (Å²) in [6, 6.07) is 6.60. The zero-order valence-corrected chi connectivity index (χ0v) is 21.0. The van der Waals surface area contributed by atoms with Crippen molar-refractivity contribution in [1.82, 2.24) is 4.90 Å². The van der Waals surface area contributed by atoms with Gasteiger partial charge in [-0.2, -0.15) is 0 Å². The molecule has 7 nitrogen and oxygen atoms in total. The lowest BCUT2D eigenvalue weighted by molar-refractivity contribution is -0.160. The third kappa shape index (κ3) is 5.94. The fourth-order valence-electron chi connectivity index (χ4n) is 4.71. The SMILES string of the molecule is CC.COc1ccc(C23CC/C(=N\OCC(=O)OC(C)(C)C)CC2N(C)CC3)cc1OC. The van der Waals surface area contributed by atoms with Crippen molar-refractivity contribution in [3.05, 3.63) is 23.8 Å². The number of ether oxygens (including phenoxy) is 3. The molecule has 1 aliphatic carbocycles. The Bertz CT molecular complexity index is 802. The number of hydrogen-bond acceptors (Lipinski definition) is 7. The molecule has 0 N–H and O–H groups in total. The molecule has 1 aromatic carbocycles. The number of nitrogens with zero attached hydrogens (tertiary/aromatic N) is 2. The number of rotatable bonds is 6. The zero-order chi connectivity index (χ0) is 23.9. The summed E-state index contributed by atoms with van der Waals surface area (Å²) >= 11 is 0. The van der Waals surface area contributed by atoms with Crippen LogP contribution < -0.4 is 9.47 Å². The van der Waals surface area contributed by atoms with Crippen molar-refractivity contribution < 1.29 is 23.8 Å². The number of carbonyl (C=O) groups excluding carboxylic acids is 1. The van der Waals surface area contributed by atoms with Gasteiger partial charge in [-0.15, -0.1) is 0 Å². The van der Waals surface area contributed by atoms with Gasteiger partial charge in [0.05, 0.1) is 19.9 Å². The Kier molecular flexibility index (Phi) is 8.96. The molecule has 2 unspecified atom stereocenters. The molecule has 1 heterocycles. The van der Waals surface area contributed by atoms with Gasteiger partial charge in [0.2, 0.25) is 6.61 Å². The average molecular weight is 449 g/mol. The number of benzene rings is 1. The molecule has 2 aliphatic rings. The van der Waals surface area contributed by atoms with Gasteiger partial charge in [-0.25, -0.2) is 4.79 Å². The monoisotopic (exact) mass is 448 g/mol. The van der Waals surface area contributed by atoms with Crippen LogP contribution in [0.5, 0.6) is 11.5 Å². The van der Waals surface area contributed by atoms with Crippen LogP contribution in [0, 0.1) is 0 Å². The summed E-state index contributed by atoms with van der Waals surface area (Å²) < 4.78 is 16.2. The number of hydrogen-bond donors (Lipinski definition) is 0. The molecule has 180 valence electrons. The Morgan fingerprint density at radius 2 is 1.84 bits per heavy atom. The van der Waals surface area contributed by atoms with Gasteiger partial charge in [0.25, 0.3) is 0 Å². The van der Waals surface area contributed by atoms with Gasteiger partial charge in [-0.3, -0.25) is 0 Å². The molecule has 2 fully saturated rings. The van der Waals surface area contributed by atoms with Crippen molar-refractivity contribution in [1.29, 1.82) is 0 Å². The summed E-state index contributed by atoms with van der Waals surface area (Å²) in [5.41, 5.74) is 1.80. The molecule has 0 radical (unpaired) electrons. The highest BCUT2D eigenvalue weighted by atomic mass is 16.7. The molecule has 3 rings (SSSR count). The third-order valence-corrected chi connectivity index (χ3v) is 6.12. The number of methoxy groups -OCH3 is 2. The second-order valence-corrected chi connectivity index (χ2v) is 9.19. The van der Waals surface area contributed by atoms with Crippen LogP contribution in [0.3, 0.4) is 0 Å². The summed E-state index contributed by atoms with van der Waals surface area (Å²) in [6.07, 6.45) is 3.73. The van der Waals surface area contributed by atoms with Crippen molar-refractivity contribution in [2.75, 3.05) is 34.4 Å². The molecule has 7 heteroatoms. The number of fused-ring (bicyclic) bond motifs is 1. The quantitative estimate of drug-likeness (QED) is 0.469. The molecule has 2 atom stereocenters. The predicted octanol–water partition coefficient (Wildman–Crippen LogP) is 4.57. The first kappa shape index (κ1) is 26.0. The second-order valence-electron chi connectivity index (χ2n) is 9.19. The fraction of sp³-hybridized carbons (Fsp3) is 0.680. The fourth-order valence-corrected chi connectivity index (χ4v) is 4.71. The summed E-state index contributed by atoms with van der Waals surface area (Å²) in [6.45, 7) is 10.4. The summed E-state index contributed by atoms with van der Waals surface area (Å²) in [4.78, 5) is 19.6. The van der Waals surface area contributed by atoms with E-state index in [2.05, 4.69) is 29.2 Å². The minimum Gasteiger partial charge on any atom is -0.493 e. The molecule has 1 aliphatic heterocycles. The van der Waals surface area contributed by atoms with Gasteiger partial charge in [0.1, 0.15) is 5.60 Å². The van der Waals surface area contributed by atoms with E-state index in [-0.39, 0.29) is 12.0 Å². The van der Waals surface area contributed by atoms with E-state index in [0.29, 0.717) is 6.04 Å². The van der Waals surface area contributed by atoms with Crippen LogP contribution in [0.1, 0.15) is 65.9 Å². The van der Waals surface area contributed by atoms with Crippen LogP contribution in [0.2, 0.25) is 0 Å². The van der Waals surface area contributed by atoms with E-state index >= 15 is 0 Å². The Labute approximate surface area is 193 Å². The van der Waals surface area contributed by atoms with Crippen LogP contribution >= 0.6 is 0 Å². The summed E-state index contributed by atoms with van der Waals surface area (Å²) in [5, 5.41) is 4.28. The predicted molar refractivity (Wildman–Crippen MR) is 127 cm³/mol. The van der Waals surface area contributed by atoms with E-state index in [1.807, 2.05) is 40.7 Å². The highest BCUT2D eigenvalue weighted by Gasteiger charge is 2.50. The van der Waals surface area contributed by atoms with Crippen molar-refractivity contribution in [2.24, 2.45) is 5.16 Å². The molecule has 0 amide bonds. The molecule has 0 spiro atoms. The molecule has 1 aromatic rings. The van der Waals surface area contributed by atoms with Crippen molar-refractivity contribution >= 4 is 11.7 Å². The average Bonchev–Trinajstić information content (AvgIpc) is 3.10. The maximum Gasteiger partial charge on any atom is 0.347 e. The van der Waals surface area contributed by atoms with Gasteiger partial charge >= 0.3 is 5.97 Å². The number of likely N-dealkylation sites (tertiary alicyclic amines) is 1. The van der Waals surface area contributed by atoms with Gasteiger partial charge in [0, 0.05) is 17.9 Å². The zero-order valence-electron chi connectivity index (χ0n) is 21.0. The Balaban J connectivity index is 0.00000176. The Morgan fingerprint density at radius 1 is 1.16 bits per heavy atom. The lowest BCUT2D eigenvalue weighted by atomic mass is 9.65. The number of likely N-dealkylation sites (N-methyl/N-ethyl adjacent to an activating group) is 1. The largest absolute Gasteiger partial charge is 0.493 e. The lowest BCUT2D eigenvalue weighted by Gasteiger charge is -2.42. The molecular formula is C25H40N2O5. The van der Waals surface area contributed by atoms with Gasteiger partial charge in [0.15, 0.2) is 11.5 Å². The molecular weight excluding hydrogens is 408 g/mol. The number of oxime groups is 1. The van der Waals surface area contributed by atoms with Crippen LogP contribution in [-0.2, 0) is 19.8 Å². The van der Waals surface area contributed by atoms with Crippen molar-refractivity contribution in [3.8, 4) is 11.5 Å². The van der Waals surface area contributed by atoms with E-state index in [1.54, 1.807) is 14.2 Å². The van der Waals surface area contributed by atoms with E-state index in [4.69, 9.17) is 19.0 Å². The highest BCUT2D eigenvalue weighted by molar-refractivity contribution is 5.86. The number of esters is 1. The molecule has 1 saturated carbocycles. The van der Waals surface area contributed by atoms with Gasteiger partial charge in [-0.05, 0) is 71.3 Å². The first-order valence-electron chi connectivity index (χ1n) is 11.5. The van der Waals surface area contributed by atoms with Crippen LogP contribution in [0.4, 0.5) is 0 Å². The Hall–Kier alpha value is -2.28. The lowest BCUT2D eigenvalue weighted by Crippen LogP contribution is -2.46. The normalized spacial score (nSPS) is 24.2. The van der Waals surface area contributed by atoms with Crippen LogP contribution in [0.15, 0.2) is 23.4 Å². The van der Waals surface area contributed by atoms with E-state index in [1.165, 1.54) is 5.56 Å². The van der Waals surface area contributed by atoms with Crippen LogP contribution in [0.25, 0.3) is 0 Å². The van der Waals surface area contributed by atoms with E-state index in [0.717, 1.165) is 49.4 Å². The second kappa shape index (κ2) is 11.0.